The molecule has 1 aromatic rings. The Balaban J connectivity index is 1.75. The second-order valence-corrected chi connectivity index (χ2v) is 5.60. The van der Waals surface area contributed by atoms with E-state index >= 15 is 0 Å². The van der Waals surface area contributed by atoms with Gasteiger partial charge in [0.25, 0.3) is 0 Å². The van der Waals surface area contributed by atoms with Crippen molar-refractivity contribution in [2.24, 2.45) is 0 Å². The molecule has 1 N–H and O–H groups in total. The van der Waals surface area contributed by atoms with Crippen LogP contribution in [0.25, 0.3) is 0 Å². The minimum absolute atomic E-state index is 0.0865. The van der Waals surface area contributed by atoms with Crippen molar-refractivity contribution in [1.82, 2.24) is 15.1 Å². The van der Waals surface area contributed by atoms with Gasteiger partial charge in [-0.3, -0.25) is 14.8 Å². The largest absolute Gasteiger partial charge is 0.465 e. The third kappa shape index (κ3) is 2.52. The molecule has 2 saturated carbocycles. The first-order chi connectivity index (χ1) is 9.23. The van der Waals surface area contributed by atoms with Gasteiger partial charge in [-0.2, -0.15) is 5.10 Å². The first-order valence-corrected chi connectivity index (χ1v) is 7.17. The molecule has 2 fully saturated rings. The number of carbonyl (C=O) groups is 1. The molecule has 2 atom stereocenters. The normalized spacial score (nSPS) is 30.5. The summed E-state index contributed by atoms with van der Waals surface area (Å²) < 4.78 is 7.26. The zero-order valence-corrected chi connectivity index (χ0v) is 11.3. The molecule has 1 heterocycles. The van der Waals surface area contributed by atoms with E-state index in [-0.39, 0.29) is 5.97 Å². The fourth-order valence-corrected chi connectivity index (χ4v) is 3.00. The average Bonchev–Trinajstić information content (AvgIpc) is 2.92. The Morgan fingerprint density at radius 3 is 3.00 bits per heavy atom. The fourth-order valence-electron chi connectivity index (χ4n) is 3.00. The quantitative estimate of drug-likeness (QED) is 0.821. The van der Waals surface area contributed by atoms with Crippen LogP contribution in [0.3, 0.4) is 0 Å². The summed E-state index contributed by atoms with van der Waals surface area (Å²) in [5.41, 5.74) is -0.492. The molecule has 0 saturated heterocycles. The zero-order chi connectivity index (χ0) is 13.3. The molecule has 19 heavy (non-hydrogen) atoms. The van der Waals surface area contributed by atoms with Crippen LogP contribution in [0.15, 0.2) is 18.5 Å². The van der Waals surface area contributed by atoms with Crippen LogP contribution in [0, 0.1) is 0 Å². The van der Waals surface area contributed by atoms with Gasteiger partial charge in [0.15, 0.2) is 0 Å². The smallest absolute Gasteiger partial charge is 0.326 e. The van der Waals surface area contributed by atoms with Gasteiger partial charge in [-0.05, 0) is 45.1 Å². The highest BCUT2D eigenvalue weighted by atomic mass is 16.5. The molecule has 3 rings (SSSR count). The molecule has 2 aliphatic carbocycles. The number of aromatic nitrogens is 2. The first kappa shape index (κ1) is 12.7. The van der Waals surface area contributed by atoms with Crippen LogP contribution in [-0.2, 0) is 9.53 Å². The lowest BCUT2D eigenvalue weighted by atomic mass is 9.97. The standard InChI is InChI=1S/C14H21N3O2/c1-2-19-13(18)14(16-11-4-5-11)7-6-12(10-14)17-9-3-8-15-17/h3,8-9,11-12,16H,2,4-7,10H2,1H3. The molecule has 5 heteroatoms. The van der Waals surface area contributed by atoms with Crippen molar-refractivity contribution in [3.8, 4) is 0 Å². The van der Waals surface area contributed by atoms with Crippen molar-refractivity contribution < 1.29 is 9.53 Å². The highest BCUT2D eigenvalue weighted by Crippen LogP contribution is 2.40. The molecule has 0 aliphatic heterocycles. The van der Waals surface area contributed by atoms with Crippen LogP contribution in [0.1, 0.15) is 45.1 Å². The van der Waals surface area contributed by atoms with E-state index in [1.54, 1.807) is 6.20 Å². The summed E-state index contributed by atoms with van der Waals surface area (Å²) >= 11 is 0. The molecule has 2 unspecified atom stereocenters. The van der Waals surface area contributed by atoms with Crippen LogP contribution in [0.2, 0.25) is 0 Å². The second kappa shape index (κ2) is 4.96. The molecule has 0 amide bonds. The lowest BCUT2D eigenvalue weighted by Gasteiger charge is -2.28. The lowest BCUT2D eigenvalue weighted by molar-refractivity contribution is -0.151. The van der Waals surface area contributed by atoms with E-state index < -0.39 is 5.54 Å². The summed E-state index contributed by atoms with van der Waals surface area (Å²) in [5, 5.41) is 7.83. The Hall–Kier alpha value is -1.36. The van der Waals surface area contributed by atoms with E-state index in [2.05, 4.69) is 10.4 Å². The van der Waals surface area contributed by atoms with Gasteiger partial charge in [0.1, 0.15) is 5.54 Å². The van der Waals surface area contributed by atoms with Crippen molar-refractivity contribution in [1.29, 1.82) is 0 Å². The highest BCUT2D eigenvalue weighted by molar-refractivity contribution is 5.81. The number of hydrogen-bond acceptors (Lipinski definition) is 4. The molecule has 0 bridgehead atoms. The number of nitrogens with zero attached hydrogens (tertiary/aromatic N) is 2. The summed E-state index contributed by atoms with van der Waals surface area (Å²) in [6.07, 6.45) is 8.71. The van der Waals surface area contributed by atoms with Gasteiger partial charge in [-0.1, -0.05) is 0 Å². The Labute approximate surface area is 113 Å². The molecule has 0 aromatic carbocycles. The Kier molecular flexibility index (Phi) is 3.31. The van der Waals surface area contributed by atoms with Crippen molar-refractivity contribution in [2.45, 2.75) is 56.7 Å². The molecular weight excluding hydrogens is 242 g/mol. The molecule has 1 aromatic heterocycles. The summed E-state index contributed by atoms with van der Waals surface area (Å²) in [5.74, 6) is -0.0865. The summed E-state index contributed by atoms with van der Waals surface area (Å²) in [6.45, 7) is 2.31. The summed E-state index contributed by atoms with van der Waals surface area (Å²) in [4.78, 5) is 12.3. The van der Waals surface area contributed by atoms with E-state index in [1.165, 1.54) is 12.8 Å². The number of nitrogens with one attached hydrogen (secondary N) is 1. The second-order valence-electron chi connectivity index (χ2n) is 5.60. The number of carbonyl (C=O) groups excluding carboxylic acids is 1. The maximum Gasteiger partial charge on any atom is 0.326 e. The highest BCUT2D eigenvalue weighted by Gasteiger charge is 2.49. The lowest BCUT2D eigenvalue weighted by Crippen LogP contribution is -2.52. The molecule has 0 radical (unpaired) electrons. The predicted octanol–water partition coefficient (Wildman–Crippen LogP) is 1.66. The number of hydrogen-bond donors (Lipinski definition) is 1. The van der Waals surface area contributed by atoms with Crippen molar-refractivity contribution >= 4 is 5.97 Å². The van der Waals surface area contributed by atoms with Gasteiger partial charge >= 0.3 is 5.97 Å². The minimum atomic E-state index is -0.492. The van der Waals surface area contributed by atoms with Crippen LogP contribution in [-0.4, -0.2) is 33.9 Å². The van der Waals surface area contributed by atoms with E-state index in [0.29, 0.717) is 18.7 Å². The van der Waals surface area contributed by atoms with Crippen LogP contribution in [0.4, 0.5) is 0 Å². The minimum Gasteiger partial charge on any atom is -0.465 e. The van der Waals surface area contributed by atoms with Gasteiger partial charge in [0.05, 0.1) is 12.6 Å². The van der Waals surface area contributed by atoms with E-state index in [9.17, 15) is 4.79 Å². The predicted molar refractivity (Wildman–Crippen MR) is 70.6 cm³/mol. The van der Waals surface area contributed by atoms with Gasteiger partial charge < -0.3 is 4.74 Å². The summed E-state index contributed by atoms with van der Waals surface area (Å²) in [6, 6.07) is 2.73. The first-order valence-electron chi connectivity index (χ1n) is 7.17. The van der Waals surface area contributed by atoms with Gasteiger partial charge in [-0.25, -0.2) is 0 Å². The van der Waals surface area contributed by atoms with Gasteiger partial charge in [0, 0.05) is 18.4 Å². The molecule has 104 valence electrons. The van der Waals surface area contributed by atoms with Crippen molar-refractivity contribution in [3.05, 3.63) is 18.5 Å². The van der Waals surface area contributed by atoms with Crippen molar-refractivity contribution in [3.63, 3.8) is 0 Å². The monoisotopic (exact) mass is 263 g/mol. The number of ether oxygens (including phenoxy) is 1. The fraction of sp³-hybridized carbons (Fsp3) is 0.714. The van der Waals surface area contributed by atoms with E-state index in [0.717, 1.165) is 19.3 Å². The van der Waals surface area contributed by atoms with Crippen molar-refractivity contribution in [2.75, 3.05) is 6.61 Å². The Morgan fingerprint density at radius 1 is 1.53 bits per heavy atom. The molecule has 5 nitrogen and oxygen atoms in total. The Bertz CT molecular complexity index is 442. The maximum absolute atomic E-state index is 12.3. The SMILES string of the molecule is CCOC(=O)C1(NC2CC2)CCC(n2cccn2)C1. The number of rotatable bonds is 5. The van der Waals surface area contributed by atoms with Gasteiger partial charge in [0.2, 0.25) is 0 Å². The van der Waals surface area contributed by atoms with Crippen LogP contribution >= 0.6 is 0 Å². The third-order valence-corrected chi connectivity index (χ3v) is 4.11. The third-order valence-electron chi connectivity index (χ3n) is 4.11. The molecule has 0 spiro atoms. The van der Waals surface area contributed by atoms with E-state index in [1.807, 2.05) is 23.9 Å². The topological polar surface area (TPSA) is 56.1 Å². The molecular formula is C14H21N3O2. The van der Waals surface area contributed by atoms with Crippen LogP contribution in [0.5, 0.6) is 0 Å². The Morgan fingerprint density at radius 2 is 2.37 bits per heavy atom. The van der Waals surface area contributed by atoms with Crippen LogP contribution < -0.4 is 5.32 Å². The molecule has 2 aliphatic rings. The van der Waals surface area contributed by atoms with E-state index in [4.69, 9.17) is 4.74 Å². The number of esters is 1. The zero-order valence-electron chi connectivity index (χ0n) is 11.3. The van der Waals surface area contributed by atoms with Gasteiger partial charge in [-0.15, -0.1) is 0 Å². The average molecular weight is 263 g/mol. The maximum atomic E-state index is 12.3. The summed E-state index contributed by atoms with van der Waals surface area (Å²) in [7, 11) is 0.